The largest absolute Gasteiger partial charge is 0.515 e. The van der Waals surface area contributed by atoms with Gasteiger partial charge in [0.15, 0.2) is 0 Å². The summed E-state index contributed by atoms with van der Waals surface area (Å²) in [5.41, 5.74) is 0.546. The Morgan fingerprint density at radius 2 is 2.25 bits per heavy atom. The standard InChI is InChI=1S/C6H8O2/c7-3-6(4-8)5-1-2-5/h3-5,7H,1-2H2/b6-3-. The summed E-state index contributed by atoms with van der Waals surface area (Å²) in [6.07, 6.45) is 3.75. The van der Waals surface area contributed by atoms with Crippen LogP contribution in [0.15, 0.2) is 11.8 Å². The molecule has 2 heteroatoms. The number of hydrogen-bond donors (Lipinski definition) is 1. The van der Waals surface area contributed by atoms with Gasteiger partial charge in [-0.1, -0.05) is 0 Å². The fourth-order valence-electron chi connectivity index (χ4n) is 0.649. The molecule has 44 valence electrons. The average Bonchev–Trinajstić information content (AvgIpc) is 2.53. The highest BCUT2D eigenvalue weighted by Crippen LogP contribution is 2.34. The molecule has 1 rings (SSSR count). The van der Waals surface area contributed by atoms with Crippen LogP contribution in [0.25, 0.3) is 0 Å². The molecule has 0 bridgehead atoms. The Bertz CT molecular complexity index is 122. The van der Waals surface area contributed by atoms with Crippen molar-refractivity contribution in [1.82, 2.24) is 0 Å². The van der Waals surface area contributed by atoms with Crippen molar-refractivity contribution in [1.29, 1.82) is 0 Å². The van der Waals surface area contributed by atoms with Crippen LogP contribution in [0.4, 0.5) is 0 Å². The van der Waals surface area contributed by atoms with Crippen molar-refractivity contribution in [3.63, 3.8) is 0 Å². The number of allylic oxidation sites excluding steroid dienone is 1. The highest BCUT2D eigenvalue weighted by Gasteiger charge is 2.25. The normalized spacial score (nSPS) is 20.8. The monoisotopic (exact) mass is 112 g/mol. The first-order valence-corrected chi connectivity index (χ1v) is 2.68. The van der Waals surface area contributed by atoms with Crippen LogP contribution in [0.5, 0.6) is 0 Å². The highest BCUT2D eigenvalue weighted by molar-refractivity contribution is 5.74. The Morgan fingerprint density at radius 1 is 1.62 bits per heavy atom. The van der Waals surface area contributed by atoms with Gasteiger partial charge in [0, 0.05) is 5.57 Å². The van der Waals surface area contributed by atoms with Gasteiger partial charge in [-0.25, -0.2) is 0 Å². The van der Waals surface area contributed by atoms with Gasteiger partial charge in [0.25, 0.3) is 0 Å². The number of carbonyl (C=O) groups is 1. The lowest BCUT2D eigenvalue weighted by atomic mass is 10.2. The number of rotatable bonds is 2. The van der Waals surface area contributed by atoms with Crippen molar-refractivity contribution in [3.8, 4) is 0 Å². The average molecular weight is 112 g/mol. The zero-order valence-electron chi connectivity index (χ0n) is 4.50. The molecule has 1 fully saturated rings. The Kier molecular flexibility index (Phi) is 1.33. The molecule has 0 spiro atoms. The van der Waals surface area contributed by atoms with E-state index in [4.69, 9.17) is 5.11 Å². The minimum absolute atomic E-state index is 0.373. The van der Waals surface area contributed by atoms with E-state index >= 15 is 0 Å². The molecular weight excluding hydrogens is 104 g/mol. The summed E-state index contributed by atoms with van der Waals surface area (Å²) in [4.78, 5) is 9.99. The van der Waals surface area contributed by atoms with Crippen LogP contribution in [0.1, 0.15) is 12.8 Å². The minimum atomic E-state index is 0.373. The maximum absolute atomic E-state index is 9.99. The maximum atomic E-state index is 9.99. The van der Waals surface area contributed by atoms with Crippen LogP contribution < -0.4 is 0 Å². The first-order chi connectivity index (χ1) is 3.88. The summed E-state index contributed by atoms with van der Waals surface area (Å²) in [7, 11) is 0. The van der Waals surface area contributed by atoms with E-state index in [0.29, 0.717) is 11.5 Å². The lowest BCUT2D eigenvalue weighted by Gasteiger charge is -1.86. The summed E-state index contributed by atoms with van der Waals surface area (Å²) in [5, 5.41) is 8.34. The summed E-state index contributed by atoms with van der Waals surface area (Å²) in [5.74, 6) is 0.373. The first-order valence-electron chi connectivity index (χ1n) is 2.68. The van der Waals surface area contributed by atoms with E-state index in [1.807, 2.05) is 0 Å². The van der Waals surface area contributed by atoms with Crippen molar-refractivity contribution in [3.05, 3.63) is 11.8 Å². The Balaban J connectivity index is 2.49. The van der Waals surface area contributed by atoms with Gasteiger partial charge in [-0.15, -0.1) is 0 Å². The van der Waals surface area contributed by atoms with Gasteiger partial charge in [0.1, 0.15) is 6.29 Å². The van der Waals surface area contributed by atoms with E-state index in [1.54, 1.807) is 0 Å². The minimum Gasteiger partial charge on any atom is -0.515 e. The van der Waals surface area contributed by atoms with E-state index in [2.05, 4.69) is 0 Å². The van der Waals surface area contributed by atoms with Crippen molar-refractivity contribution >= 4 is 6.29 Å². The summed E-state index contributed by atoms with van der Waals surface area (Å²) in [6, 6.07) is 0. The van der Waals surface area contributed by atoms with Crippen molar-refractivity contribution in [2.45, 2.75) is 12.8 Å². The van der Waals surface area contributed by atoms with Gasteiger partial charge in [-0.2, -0.15) is 0 Å². The number of hydrogen-bond acceptors (Lipinski definition) is 2. The third kappa shape index (κ3) is 0.886. The number of carbonyl (C=O) groups excluding carboxylic acids is 1. The fourth-order valence-corrected chi connectivity index (χ4v) is 0.649. The Hall–Kier alpha value is -0.790. The first kappa shape index (κ1) is 5.35. The molecule has 0 atom stereocenters. The molecule has 0 amide bonds. The molecule has 0 heterocycles. The van der Waals surface area contributed by atoms with Gasteiger partial charge in [0.05, 0.1) is 6.26 Å². The zero-order chi connectivity index (χ0) is 5.98. The van der Waals surface area contributed by atoms with Crippen LogP contribution in [0.2, 0.25) is 0 Å². The second-order valence-electron chi connectivity index (χ2n) is 2.02. The molecule has 1 aliphatic carbocycles. The van der Waals surface area contributed by atoms with Gasteiger partial charge in [-0.3, -0.25) is 4.79 Å². The quantitative estimate of drug-likeness (QED) is 0.329. The van der Waals surface area contributed by atoms with E-state index in [-0.39, 0.29) is 0 Å². The second kappa shape index (κ2) is 1.99. The smallest absolute Gasteiger partial charge is 0.149 e. The Labute approximate surface area is 47.8 Å². The third-order valence-corrected chi connectivity index (χ3v) is 1.33. The van der Waals surface area contributed by atoms with E-state index in [9.17, 15) is 4.79 Å². The molecule has 1 aliphatic rings. The van der Waals surface area contributed by atoms with Crippen LogP contribution in [-0.4, -0.2) is 11.4 Å². The lowest BCUT2D eigenvalue weighted by Crippen LogP contribution is -1.85. The summed E-state index contributed by atoms with van der Waals surface area (Å²) >= 11 is 0. The molecule has 0 aromatic carbocycles. The molecular formula is C6H8O2. The van der Waals surface area contributed by atoms with Crippen LogP contribution in [0, 0.1) is 5.92 Å². The topological polar surface area (TPSA) is 37.3 Å². The van der Waals surface area contributed by atoms with Crippen molar-refractivity contribution in [2.24, 2.45) is 5.92 Å². The lowest BCUT2D eigenvalue weighted by molar-refractivity contribution is -0.105. The predicted molar refractivity (Wildman–Crippen MR) is 29.5 cm³/mol. The molecule has 2 nitrogen and oxygen atoms in total. The SMILES string of the molecule is O=C/C(=C/O)C1CC1. The van der Waals surface area contributed by atoms with Gasteiger partial charge in [0.2, 0.25) is 0 Å². The Morgan fingerprint density at radius 3 is 2.38 bits per heavy atom. The second-order valence-corrected chi connectivity index (χ2v) is 2.02. The van der Waals surface area contributed by atoms with Crippen LogP contribution in [0.3, 0.4) is 0 Å². The molecule has 0 radical (unpaired) electrons. The molecule has 1 N–H and O–H groups in total. The van der Waals surface area contributed by atoms with E-state index in [0.717, 1.165) is 25.4 Å². The number of aldehydes is 1. The molecule has 0 aliphatic heterocycles. The third-order valence-electron chi connectivity index (χ3n) is 1.33. The van der Waals surface area contributed by atoms with Gasteiger partial charge in [-0.05, 0) is 18.8 Å². The number of aliphatic hydroxyl groups excluding tert-OH is 1. The van der Waals surface area contributed by atoms with E-state index < -0.39 is 0 Å². The molecule has 0 aromatic rings. The number of aliphatic hydroxyl groups is 1. The fraction of sp³-hybridized carbons (Fsp3) is 0.500. The zero-order valence-corrected chi connectivity index (χ0v) is 4.50. The van der Waals surface area contributed by atoms with Crippen LogP contribution >= 0.6 is 0 Å². The van der Waals surface area contributed by atoms with Gasteiger partial charge >= 0.3 is 0 Å². The molecule has 1 saturated carbocycles. The molecule has 0 aromatic heterocycles. The maximum Gasteiger partial charge on any atom is 0.149 e. The van der Waals surface area contributed by atoms with Crippen molar-refractivity contribution in [2.75, 3.05) is 0 Å². The highest BCUT2D eigenvalue weighted by atomic mass is 16.2. The molecule has 0 unspecified atom stereocenters. The molecule has 0 saturated heterocycles. The molecule has 8 heavy (non-hydrogen) atoms. The van der Waals surface area contributed by atoms with Crippen LogP contribution in [-0.2, 0) is 4.79 Å². The summed E-state index contributed by atoms with van der Waals surface area (Å²) in [6.45, 7) is 0. The van der Waals surface area contributed by atoms with Gasteiger partial charge < -0.3 is 5.11 Å². The predicted octanol–water partition coefficient (Wildman–Crippen LogP) is 1.04. The van der Waals surface area contributed by atoms with E-state index in [1.165, 1.54) is 0 Å². The summed E-state index contributed by atoms with van der Waals surface area (Å²) < 4.78 is 0. The van der Waals surface area contributed by atoms with Crippen molar-refractivity contribution < 1.29 is 9.90 Å².